The van der Waals surface area contributed by atoms with Gasteiger partial charge in [0.05, 0.1) is 5.25 Å². The molecule has 4 nitrogen and oxygen atoms in total. The Hall–Kier alpha value is -0.00506. The van der Waals surface area contributed by atoms with E-state index in [4.69, 9.17) is 0 Å². The van der Waals surface area contributed by atoms with Gasteiger partial charge in [-0.2, -0.15) is 0 Å². The van der Waals surface area contributed by atoms with Crippen LogP contribution in [0.15, 0.2) is 0 Å². The van der Waals surface area contributed by atoms with Crippen LogP contribution >= 0.6 is 11.6 Å². The fourth-order valence-electron chi connectivity index (χ4n) is 2.06. The van der Waals surface area contributed by atoms with E-state index >= 15 is 0 Å². The molecule has 0 aromatic carbocycles. The maximum absolute atomic E-state index is 12.0. The van der Waals surface area contributed by atoms with E-state index in [0.29, 0.717) is 0 Å². The van der Waals surface area contributed by atoms with Gasteiger partial charge in [0, 0.05) is 6.92 Å². The Bertz CT molecular complexity index is 337. The highest BCUT2D eigenvalue weighted by Crippen LogP contribution is 2.21. The van der Waals surface area contributed by atoms with Gasteiger partial charge in [-0.1, -0.05) is 32.1 Å². The molecule has 0 saturated heterocycles. The molecule has 0 aromatic rings. The second kappa shape index (κ2) is 7.43. The number of sulfonamides is 1. The lowest BCUT2D eigenvalue weighted by Gasteiger charge is -2.20. The van der Waals surface area contributed by atoms with Gasteiger partial charge in [-0.3, -0.25) is 4.79 Å². The van der Waals surface area contributed by atoms with Gasteiger partial charge in [0.25, 0.3) is 6.69 Å². The van der Waals surface area contributed by atoms with Crippen LogP contribution < -0.4 is 4.63 Å². The minimum absolute atomic E-state index is 0.0645. The first-order chi connectivity index (χ1) is 8.02. The van der Waals surface area contributed by atoms with Crippen LogP contribution in [-0.2, 0) is 14.8 Å². The van der Waals surface area contributed by atoms with Crippen molar-refractivity contribution >= 4 is 33.4 Å². The van der Waals surface area contributed by atoms with Crippen molar-refractivity contribution in [1.82, 2.24) is 4.63 Å². The van der Waals surface area contributed by atoms with E-state index in [-0.39, 0.29) is 17.1 Å². The Morgan fingerprint density at radius 3 is 2.24 bits per heavy atom. The Labute approximate surface area is 109 Å². The fourth-order valence-corrected chi connectivity index (χ4v) is 4.35. The van der Waals surface area contributed by atoms with Gasteiger partial charge >= 0.3 is 0 Å². The van der Waals surface area contributed by atoms with E-state index in [0.717, 1.165) is 50.1 Å². The minimum Gasteiger partial charge on any atom is -0.289 e. The molecule has 1 saturated carbocycles. The number of rotatable bonds is 4. The lowest BCUT2D eigenvalue weighted by atomic mass is 10.0. The Balaban J connectivity index is 2.45. The summed E-state index contributed by atoms with van der Waals surface area (Å²) in [6, 6.07) is 0. The van der Waals surface area contributed by atoms with E-state index in [9.17, 15) is 13.2 Å². The Morgan fingerprint density at radius 2 is 1.71 bits per heavy atom. The van der Waals surface area contributed by atoms with Crippen LogP contribution in [0.2, 0.25) is 0 Å². The third-order valence-electron chi connectivity index (χ3n) is 3.03. The Kier molecular flexibility index (Phi) is 6.58. The molecule has 0 radical (unpaired) electrons. The van der Waals surface area contributed by atoms with E-state index < -0.39 is 10.0 Å². The molecule has 0 heterocycles. The van der Waals surface area contributed by atoms with E-state index in [1.165, 1.54) is 13.3 Å². The zero-order valence-electron chi connectivity index (χ0n) is 10.3. The molecule has 0 amide bonds. The second-order valence-corrected chi connectivity index (χ2v) is 7.63. The summed E-state index contributed by atoms with van der Waals surface area (Å²) in [6.07, 6.45) is 6.97. The number of hydrogen-bond donors (Lipinski definition) is 1. The van der Waals surface area contributed by atoms with E-state index in [1.807, 2.05) is 0 Å². The van der Waals surface area contributed by atoms with Gasteiger partial charge in [0.1, 0.15) is 0 Å². The monoisotopic (exact) mass is 277 g/mol. The summed E-state index contributed by atoms with van der Waals surface area (Å²) < 4.78 is 26.5. The summed E-state index contributed by atoms with van der Waals surface area (Å²) in [5.41, 5.74) is 0. The van der Waals surface area contributed by atoms with Crippen LogP contribution in [0.3, 0.4) is 0 Å². The highest BCUT2D eigenvalue weighted by atomic mass is 32.2. The minimum atomic E-state index is -3.24. The predicted octanol–water partition coefficient (Wildman–Crippen LogP) is 1.56. The highest BCUT2D eigenvalue weighted by molar-refractivity contribution is 8.34. The lowest BCUT2D eigenvalue weighted by molar-refractivity contribution is -0.109. The van der Waals surface area contributed by atoms with Gasteiger partial charge in [-0.15, -0.1) is 11.6 Å². The normalized spacial score (nSPS) is 19.4. The van der Waals surface area contributed by atoms with Crippen molar-refractivity contribution in [2.45, 2.75) is 57.1 Å². The first kappa shape index (κ1) is 15.1. The van der Waals surface area contributed by atoms with Crippen LogP contribution in [0.4, 0.5) is 0 Å². The summed E-state index contributed by atoms with van der Waals surface area (Å²) in [6.45, 7) is 1.60. The predicted molar refractivity (Wildman–Crippen MR) is 73.6 cm³/mol. The summed E-state index contributed by atoms with van der Waals surface area (Å²) in [5, 5.41) is -0.333. The molecule has 98 valence electrons. The average Bonchev–Trinajstić information content (AvgIpc) is 2.14. The summed E-state index contributed by atoms with van der Waals surface area (Å²) in [7, 11) is -3.24. The molecule has 0 unspecified atom stereocenters. The summed E-state index contributed by atoms with van der Waals surface area (Å²) in [4.78, 5) is 10.7. The van der Waals surface area contributed by atoms with E-state index in [2.05, 4.69) is 4.63 Å². The van der Waals surface area contributed by atoms with Crippen molar-refractivity contribution in [2.75, 3.05) is 0 Å². The maximum Gasteiger partial charge on any atom is 0.294 e. The average molecular weight is 277 g/mol. The van der Waals surface area contributed by atoms with Crippen LogP contribution in [0, 0.1) is 0 Å². The summed E-state index contributed by atoms with van der Waals surface area (Å²) in [5.74, 6) is 0. The van der Waals surface area contributed by atoms with Crippen LogP contribution in [-0.4, -0.2) is 25.5 Å². The first-order valence-electron chi connectivity index (χ1n) is 6.14. The van der Waals surface area contributed by atoms with Crippen LogP contribution in [0.5, 0.6) is 0 Å². The quantitative estimate of drug-likeness (QED) is 0.792. The molecule has 1 fully saturated rings. The van der Waals surface area contributed by atoms with Crippen molar-refractivity contribution in [3.63, 3.8) is 0 Å². The highest BCUT2D eigenvalue weighted by Gasteiger charge is 2.25. The lowest BCUT2D eigenvalue weighted by Crippen LogP contribution is -2.36. The topological polar surface area (TPSA) is 63.2 Å². The van der Waals surface area contributed by atoms with Crippen molar-refractivity contribution in [1.29, 1.82) is 0 Å². The molecular weight excluding hydrogens is 257 g/mol. The maximum atomic E-state index is 12.0. The molecule has 1 N–H and O–H groups in total. The number of carbonyl (C=O) groups excluding carboxylic acids is 1. The fraction of sp³-hybridized carbons (Fsp3) is 0.900. The van der Waals surface area contributed by atoms with Gasteiger partial charge in [0.2, 0.25) is 10.0 Å². The Morgan fingerprint density at radius 1 is 1.18 bits per heavy atom. The van der Waals surface area contributed by atoms with Crippen molar-refractivity contribution in [3.05, 3.63) is 0 Å². The van der Waals surface area contributed by atoms with Crippen molar-refractivity contribution in [2.24, 2.45) is 0 Å². The van der Waals surface area contributed by atoms with Gasteiger partial charge in [0.15, 0.2) is 5.12 Å². The SMILES string of the molecule is CC(=O)SBNS(=O)(=O)C1CCCCCCC1. The molecule has 7 heteroatoms. The molecule has 17 heavy (non-hydrogen) atoms. The van der Waals surface area contributed by atoms with Crippen molar-refractivity contribution in [3.8, 4) is 0 Å². The molecule has 0 aromatic heterocycles. The molecule has 1 rings (SSSR count). The standard InChI is InChI=1S/C10H20BNO3S2/c1-9(13)16-11-12-17(14,15)10-7-5-3-2-4-6-8-10/h10-12H,2-8H2,1H3. The smallest absolute Gasteiger partial charge is 0.289 e. The third-order valence-corrected chi connectivity index (χ3v) is 5.80. The van der Waals surface area contributed by atoms with Gasteiger partial charge in [-0.05, 0) is 12.8 Å². The van der Waals surface area contributed by atoms with Gasteiger partial charge in [-0.25, -0.2) is 13.1 Å². The number of hydrogen-bond acceptors (Lipinski definition) is 4. The van der Waals surface area contributed by atoms with Crippen molar-refractivity contribution < 1.29 is 13.2 Å². The molecule has 0 aliphatic heterocycles. The molecule has 0 spiro atoms. The molecule has 0 atom stereocenters. The molecular formula is C10H20BNO3S2. The number of carbonyl (C=O) groups is 1. The molecule has 1 aliphatic carbocycles. The first-order valence-corrected chi connectivity index (χ1v) is 8.67. The second-order valence-electron chi connectivity index (χ2n) is 4.44. The summed E-state index contributed by atoms with van der Waals surface area (Å²) >= 11 is 1.00. The zero-order valence-corrected chi connectivity index (χ0v) is 11.9. The third kappa shape index (κ3) is 5.92. The van der Waals surface area contributed by atoms with Crippen LogP contribution in [0.1, 0.15) is 51.9 Å². The van der Waals surface area contributed by atoms with E-state index in [1.54, 1.807) is 0 Å². The zero-order chi connectivity index (χ0) is 12.7. The molecule has 1 aliphatic rings. The largest absolute Gasteiger partial charge is 0.294 e. The number of nitrogens with one attached hydrogen (secondary N) is 1. The van der Waals surface area contributed by atoms with Gasteiger partial charge < -0.3 is 0 Å². The van der Waals surface area contributed by atoms with Crippen LogP contribution in [0.25, 0.3) is 0 Å². The molecule has 0 bridgehead atoms.